The number of nitrogens with zero attached hydrogens (tertiary/aromatic N) is 1. The summed E-state index contributed by atoms with van der Waals surface area (Å²) in [4.78, 5) is 14.0. The van der Waals surface area contributed by atoms with Gasteiger partial charge < -0.3 is 15.4 Å². The van der Waals surface area contributed by atoms with Crippen LogP contribution in [0, 0.1) is 0 Å². The predicted octanol–water partition coefficient (Wildman–Crippen LogP) is 1.68. The van der Waals surface area contributed by atoms with E-state index in [-0.39, 0.29) is 17.6 Å². The van der Waals surface area contributed by atoms with Crippen LogP contribution in [0.15, 0.2) is 0 Å². The maximum absolute atomic E-state index is 12.2. The predicted molar refractivity (Wildman–Crippen MR) is 71.2 cm³/mol. The molecule has 1 aliphatic carbocycles. The third kappa shape index (κ3) is 3.69. The molecule has 18 heavy (non-hydrogen) atoms. The molecule has 2 aliphatic rings. The fraction of sp³-hybridized carbons (Fsp3) is 0.929. The van der Waals surface area contributed by atoms with Crippen LogP contribution in [0.3, 0.4) is 0 Å². The fourth-order valence-corrected chi connectivity index (χ4v) is 3.06. The Morgan fingerprint density at radius 2 is 2.06 bits per heavy atom. The van der Waals surface area contributed by atoms with Crippen molar-refractivity contribution in [2.45, 2.75) is 63.0 Å². The second kappa shape index (κ2) is 6.02. The molecule has 0 spiro atoms. The lowest BCUT2D eigenvalue weighted by Crippen LogP contribution is -2.47. The Bertz CT molecular complexity index is 282. The van der Waals surface area contributed by atoms with Crippen LogP contribution in [-0.2, 0) is 9.53 Å². The highest BCUT2D eigenvalue weighted by Crippen LogP contribution is 2.29. The molecule has 2 N–H and O–H groups in total. The van der Waals surface area contributed by atoms with Gasteiger partial charge in [-0.3, -0.25) is 4.79 Å². The second-order valence-corrected chi connectivity index (χ2v) is 6.01. The molecule has 0 bridgehead atoms. The second-order valence-electron chi connectivity index (χ2n) is 6.01. The summed E-state index contributed by atoms with van der Waals surface area (Å²) in [5.41, 5.74) is 6.08. The number of ether oxygens (including phenoxy) is 1. The number of rotatable bonds is 4. The Labute approximate surface area is 110 Å². The van der Waals surface area contributed by atoms with Gasteiger partial charge in [0.05, 0.1) is 6.10 Å². The van der Waals surface area contributed by atoms with Crippen molar-refractivity contribution in [1.82, 2.24) is 4.90 Å². The molecule has 0 radical (unpaired) electrons. The maximum atomic E-state index is 12.2. The molecule has 1 unspecified atom stereocenters. The van der Waals surface area contributed by atoms with Gasteiger partial charge in [-0.05, 0) is 25.7 Å². The zero-order chi connectivity index (χ0) is 13.0. The SMILES string of the molecule is CN(CC1CCCO1)C(=O)CC1(N)CCCCC1. The van der Waals surface area contributed by atoms with E-state index in [2.05, 4.69) is 0 Å². The summed E-state index contributed by atoms with van der Waals surface area (Å²) in [5, 5.41) is 0. The first-order valence-corrected chi connectivity index (χ1v) is 7.23. The van der Waals surface area contributed by atoms with Gasteiger partial charge in [-0.1, -0.05) is 19.3 Å². The van der Waals surface area contributed by atoms with Gasteiger partial charge in [0, 0.05) is 32.2 Å². The Kier molecular flexibility index (Phi) is 4.62. The van der Waals surface area contributed by atoms with Crippen LogP contribution in [0.25, 0.3) is 0 Å². The van der Waals surface area contributed by atoms with Crippen LogP contribution in [0.5, 0.6) is 0 Å². The van der Waals surface area contributed by atoms with Gasteiger partial charge in [0.25, 0.3) is 0 Å². The van der Waals surface area contributed by atoms with Gasteiger partial charge in [0.15, 0.2) is 0 Å². The third-order valence-corrected chi connectivity index (χ3v) is 4.28. The number of nitrogens with two attached hydrogens (primary N) is 1. The average Bonchev–Trinajstić information content (AvgIpc) is 2.82. The van der Waals surface area contributed by atoms with Crippen LogP contribution in [0.1, 0.15) is 51.4 Å². The van der Waals surface area contributed by atoms with E-state index in [0.717, 1.165) is 38.8 Å². The largest absolute Gasteiger partial charge is 0.376 e. The van der Waals surface area contributed by atoms with Crippen molar-refractivity contribution in [3.8, 4) is 0 Å². The Morgan fingerprint density at radius 1 is 1.33 bits per heavy atom. The molecule has 4 nitrogen and oxygen atoms in total. The lowest BCUT2D eigenvalue weighted by atomic mass is 9.80. The molecule has 0 aromatic heterocycles. The highest BCUT2D eigenvalue weighted by Gasteiger charge is 2.31. The first kappa shape index (κ1) is 13.8. The first-order valence-electron chi connectivity index (χ1n) is 7.23. The van der Waals surface area contributed by atoms with Crippen LogP contribution in [-0.4, -0.2) is 42.6 Å². The molecule has 1 atom stereocenters. The molecule has 1 saturated heterocycles. The number of carbonyl (C=O) groups is 1. The Morgan fingerprint density at radius 3 is 2.67 bits per heavy atom. The molecule has 4 heteroatoms. The smallest absolute Gasteiger partial charge is 0.224 e. The van der Waals surface area contributed by atoms with Crippen LogP contribution in [0.4, 0.5) is 0 Å². The van der Waals surface area contributed by atoms with E-state index in [4.69, 9.17) is 10.5 Å². The van der Waals surface area contributed by atoms with E-state index < -0.39 is 0 Å². The number of amides is 1. The molecular weight excluding hydrogens is 228 g/mol. The molecule has 0 aromatic rings. The van der Waals surface area contributed by atoms with E-state index >= 15 is 0 Å². The summed E-state index contributed by atoms with van der Waals surface area (Å²) in [6, 6.07) is 0. The minimum Gasteiger partial charge on any atom is -0.376 e. The van der Waals surface area contributed by atoms with Crippen molar-refractivity contribution in [3.63, 3.8) is 0 Å². The monoisotopic (exact) mass is 254 g/mol. The number of likely N-dealkylation sites (N-methyl/N-ethyl adjacent to an activating group) is 1. The maximum Gasteiger partial charge on any atom is 0.224 e. The molecule has 1 saturated carbocycles. The molecule has 2 fully saturated rings. The summed E-state index contributed by atoms with van der Waals surface area (Å²) in [7, 11) is 1.87. The molecule has 104 valence electrons. The van der Waals surface area contributed by atoms with Gasteiger partial charge in [-0.25, -0.2) is 0 Å². The summed E-state index contributed by atoms with van der Waals surface area (Å²) in [6.07, 6.45) is 8.50. The van der Waals surface area contributed by atoms with E-state index in [9.17, 15) is 4.79 Å². The number of hydrogen-bond donors (Lipinski definition) is 1. The van der Waals surface area contributed by atoms with Crippen LogP contribution < -0.4 is 5.73 Å². The lowest BCUT2D eigenvalue weighted by Gasteiger charge is -2.34. The summed E-state index contributed by atoms with van der Waals surface area (Å²) < 4.78 is 5.56. The molecule has 1 heterocycles. The van der Waals surface area contributed by atoms with E-state index in [1.807, 2.05) is 7.05 Å². The quantitative estimate of drug-likeness (QED) is 0.830. The van der Waals surface area contributed by atoms with Crippen molar-refractivity contribution in [2.75, 3.05) is 20.2 Å². The topological polar surface area (TPSA) is 55.6 Å². The van der Waals surface area contributed by atoms with Crippen molar-refractivity contribution in [3.05, 3.63) is 0 Å². The summed E-state index contributed by atoms with van der Waals surface area (Å²) >= 11 is 0. The molecular formula is C14H26N2O2. The van der Waals surface area contributed by atoms with E-state index in [0.29, 0.717) is 6.42 Å². The fourth-order valence-electron chi connectivity index (χ4n) is 3.06. The van der Waals surface area contributed by atoms with Crippen molar-refractivity contribution >= 4 is 5.91 Å². The standard InChI is InChI=1S/C14H26N2O2/c1-16(11-12-6-5-9-18-12)13(17)10-14(15)7-3-2-4-8-14/h12H,2-11,15H2,1H3. The average molecular weight is 254 g/mol. The van der Waals surface area contributed by atoms with Crippen LogP contribution >= 0.6 is 0 Å². The van der Waals surface area contributed by atoms with Gasteiger partial charge in [0.2, 0.25) is 5.91 Å². The minimum absolute atomic E-state index is 0.176. The number of hydrogen-bond acceptors (Lipinski definition) is 3. The zero-order valence-electron chi connectivity index (χ0n) is 11.5. The summed E-state index contributed by atoms with van der Waals surface area (Å²) in [6.45, 7) is 1.56. The lowest BCUT2D eigenvalue weighted by molar-refractivity contribution is -0.132. The zero-order valence-corrected chi connectivity index (χ0v) is 11.5. The Hall–Kier alpha value is -0.610. The molecule has 2 rings (SSSR count). The van der Waals surface area contributed by atoms with Gasteiger partial charge in [-0.15, -0.1) is 0 Å². The van der Waals surface area contributed by atoms with Crippen molar-refractivity contribution in [2.24, 2.45) is 5.73 Å². The third-order valence-electron chi connectivity index (χ3n) is 4.28. The van der Waals surface area contributed by atoms with Crippen molar-refractivity contribution < 1.29 is 9.53 Å². The first-order chi connectivity index (χ1) is 8.59. The molecule has 1 amide bonds. The van der Waals surface area contributed by atoms with Gasteiger partial charge in [-0.2, -0.15) is 0 Å². The minimum atomic E-state index is -0.250. The highest BCUT2D eigenvalue weighted by molar-refractivity contribution is 5.77. The normalized spacial score (nSPS) is 27.1. The summed E-state index contributed by atoms with van der Waals surface area (Å²) in [5.74, 6) is 0.176. The van der Waals surface area contributed by atoms with Crippen molar-refractivity contribution in [1.29, 1.82) is 0 Å². The number of carbonyl (C=O) groups excluding carboxylic acids is 1. The Balaban J connectivity index is 1.78. The molecule has 1 aliphatic heterocycles. The molecule has 0 aromatic carbocycles. The van der Waals surface area contributed by atoms with E-state index in [1.165, 1.54) is 19.3 Å². The van der Waals surface area contributed by atoms with E-state index in [1.54, 1.807) is 4.90 Å². The van der Waals surface area contributed by atoms with Gasteiger partial charge >= 0.3 is 0 Å². The van der Waals surface area contributed by atoms with Crippen LogP contribution in [0.2, 0.25) is 0 Å². The highest BCUT2D eigenvalue weighted by atomic mass is 16.5. The van der Waals surface area contributed by atoms with Gasteiger partial charge in [0.1, 0.15) is 0 Å².